The maximum Gasteiger partial charge on any atom is 0.242 e. The molecule has 1 aromatic heterocycles. The van der Waals surface area contributed by atoms with Gasteiger partial charge in [0.1, 0.15) is 5.75 Å². The maximum absolute atomic E-state index is 12.0. The van der Waals surface area contributed by atoms with Crippen molar-refractivity contribution in [2.75, 3.05) is 14.1 Å². The molecule has 19 heavy (non-hydrogen) atoms. The van der Waals surface area contributed by atoms with E-state index in [2.05, 4.69) is 4.98 Å². The number of aromatic hydroxyl groups is 1. The summed E-state index contributed by atoms with van der Waals surface area (Å²) in [5.41, 5.74) is 1.29. The molecule has 0 spiro atoms. The van der Waals surface area contributed by atoms with Crippen molar-refractivity contribution in [3.8, 4) is 17.0 Å². The van der Waals surface area contributed by atoms with Gasteiger partial charge in [0.15, 0.2) is 0 Å². The van der Waals surface area contributed by atoms with Crippen LogP contribution in [0, 0.1) is 0 Å². The summed E-state index contributed by atoms with van der Waals surface area (Å²) in [6.45, 7) is 0. The van der Waals surface area contributed by atoms with E-state index < -0.39 is 10.0 Å². The van der Waals surface area contributed by atoms with Gasteiger partial charge in [-0.15, -0.1) is 0 Å². The second kappa shape index (κ2) is 4.99. The maximum atomic E-state index is 12.0. The lowest BCUT2D eigenvalue weighted by Crippen LogP contribution is -2.22. The fraction of sp³-hybridized carbons (Fsp3) is 0.154. The Labute approximate surface area is 112 Å². The molecule has 0 bridgehead atoms. The summed E-state index contributed by atoms with van der Waals surface area (Å²) < 4.78 is 25.2. The first kappa shape index (κ1) is 13.5. The minimum atomic E-state index is -3.46. The van der Waals surface area contributed by atoms with Crippen LogP contribution in [0.2, 0.25) is 0 Å². The van der Waals surface area contributed by atoms with Crippen LogP contribution < -0.4 is 0 Å². The van der Waals surface area contributed by atoms with Gasteiger partial charge in [0, 0.05) is 19.7 Å². The van der Waals surface area contributed by atoms with Crippen LogP contribution in [0.15, 0.2) is 47.5 Å². The van der Waals surface area contributed by atoms with Crippen molar-refractivity contribution in [1.29, 1.82) is 0 Å². The summed E-state index contributed by atoms with van der Waals surface area (Å²) in [6.07, 6.45) is 1.32. The fourth-order valence-corrected chi connectivity index (χ4v) is 2.53. The second-order valence-electron chi connectivity index (χ2n) is 4.22. The summed E-state index contributed by atoms with van der Waals surface area (Å²) in [5.74, 6) is 0.0702. The van der Waals surface area contributed by atoms with Crippen molar-refractivity contribution in [2.45, 2.75) is 4.90 Å². The van der Waals surface area contributed by atoms with Gasteiger partial charge in [-0.2, -0.15) is 0 Å². The van der Waals surface area contributed by atoms with Crippen LogP contribution in [-0.4, -0.2) is 36.9 Å². The van der Waals surface area contributed by atoms with E-state index in [-0.39, 0.29) is 10.6 Å². The van der Waals surface area contributed by atoms with Crippen molar-refractivity contribution in [3.05, 3.63) is 42.6 Å². The van der Waals surface area contributed by atoms with Gasteiger partial charge in [-0.1, -0.05) is 12.1 Å². The Bertz CT molecular complexity index is 679. The Morgan fingerprint density at radius 2 is 1.89 bits per heavy atom. The monoisotopic (exact) mass is 278 g/mol. The summed E-state index contributed by atoms with van der Waals surface area (Å²) in [4.78, 5) is 4.27. The molecule has 0 radical (unpaired) electrons. The number of nitrogens with zero attached hydrogens (tertiary/aromatic N) is 2. The molecule has 0 atom stereocenters. The molecule has 0 aliphatic heterocycles. The van der Waals surface area contributed by atoms with E-state index >= 15 is 0 Å². The average molecular weight is 278 g/mol. The molecule has 1 heterocycles. The minimum absolute atomic E-state index is 0.0702. The van der Waals surface area contributed by atoms with Crippen LogP contribution in [0.4, 0.5) is 0 Å². The van der Waals surface area contributed by atoms with Gasteiger partial charge in [-0.25, -0.2) is 12.7 Å². The van der Waals surface area contributed by atoms with Crippen LogP contribution in [0.3, 0.4) is 0 Å². The van der Waals surface area contributed by atoms with Gasteiger partial charge >= 0.3 is 0 Å². The molecule has 2 rings (SSSR count). The van der Waals surface area contributed by atoms with Crippen molar-refractivity contribution in [2.24, 2.45) is 0 Å². The first-order valence-electron chi connectivity index (χ1n) is 5.59. The van der Waals surface area contributed by atoms with Crippen LogP contribution in [0.25, 0.3) is 11.3 Å². The molecular formula is C13H14N2O3S. The topological polar surface area (TPSA) is 70.5 Å². The number of sulfonamides is 1. The molecule has 5 nitrogen and oxygen atoms in total. The van der Waals surface area contributed by atoms with E-state index in [1.807, 2.05) is 0 Å². The quantitative estimate of drug-likeness (QED) is 0.927. The third-order valence-electron chi connectivity index (χ3n) is 2.66. The molecule has 1 aromatic carbocycles. The van der Waals surface area contributed by atoms with E-state index in [1.165, 1.54) is 26.4 Å². The number of pyridine rings is 1. The Hall–Kier alpha value is -1.92. The molecule has 0 unspecified atom stereocenters. The largest absolute Gasteiger partial charge is 0.506 e. The Kier molecular flexibility index (Phi) is 3.55. The second-order valence-corrected chi connectivity index (χ2v) is 6.37. The van der Waals surface area contributed by atoms with Gasteiger partial charge in [0.25, 0.3) is 0 Å². The van der Waals surface area contributed by atoms with Gasteiger partial charge in [0.05, 0.1) is 16.8 Å². The van der Waals surface area contributed by atoms with E-state index in [1.54, 1.807) is 30.3 Å². The van der Waals surface area contributed by atoms with Crippen molar-refractivity contribution in [1.82, 2.24) is 9.29 Å². The highest BCUT2D eigenvalue weighted by Crippen LogP contribution is 2.23. The van der Waals surface area contributed by atoms with Gasteiger partial charge in [-0.3, -0.25) is 4.98 Å². The zero-order valence-corrected chi connectivity index (χ0v) is 11.4. The van der Waals surface area contributed by atoms with E-state index in [4.69, 9.17) is 0 Å². The molecule has 0 fully saturated rings. The summed E-state index contributed by atoms with van der Waals surface area (Å²) in [6, 6.07) is 9.69. The molecule has 6 heteroatoms. The first-order chi connectivity index (χ1) is 8.91. The van der Waals surface area contributed by atoms with Crippen molar-refractivity contribution < 1.29 is 13.5 Å². The average Bonchev–Trinajstić information content (AvgIpc) is 2.39. The van der Waals surface area contributed by atoms with E-state index in [0.717, 1.165) is 4.31 Å². The van der Waals surface area contributed by atoms with Crippen molar-refractivity contribution in [3.63, 3.8) is 0 Å². The predicted molar refractivity (Wildman–Crippen MR) is 72.2 cm³/mol. The first-order valence-corrected chi connectivity index (χ1v) is 7.03. The molecule has 0 saturated heterocycles. The van der Waals surface area contributed by atoms with Gasteiger partial charge in [-0.05, 0) is 24.3 Å². The van der Waals surface area contributed by atoms with Crippen LogP contribution >= 0.6 is 0 Å². The minimum Gasteiger partial charge on any atom is -0.506 e. The molecular weight excluding hydrogens is 264 g/mol. The lowest BCUT2D eigenvalue weighted by atomic mass is 10.1. The third-order valence-corrected chi connectivity index (χ3v) is 4.47. The fourth-order valence-electron chi connectivity index (χ4n) is 1.58. The van der Waals surface area contributed by atoms with Crippen LogP contribution in [0.5, 0.6) is 5.75 Å². The van der Waals surface area contributed by atoms with Gasteiger partial charge < -0.3 is 5.11 Å². The van der Waals surface area contributed by atoms with E-state index in [9.17, 15) is 13.5 Å². The molecule has 1 N–H and O–H groups in total. The van der Waals surface area contributed by atoms with Gasteiger partial charge in [0.2, 0.25) is 10.0 Å². The SMILES string of the molecule is CN(C)S(=O)(=O)c1cccc(-c2ccc(O)cn2)c1. The number of benzene rings is 1. The summed E-state index contributed by atoms with van der Waals surface area (Å²) in [7, 11) is -0.486. The predicted octanol–water partition coefficient (Wildman–Crippen LogP) is 1.70. The molecule has 0 saturated carbocycles. The summed E-state index contributed by atoms with van der Waals surface area (Å²) in [5, 5.41) is 9.20. The molecule has 0 aliphatic carbocycles. The number of hydrogen-bond acceptors (Lipinski definition) is 4. The van der Waals surface area contributed by atoms with Crippen LogP contribution in [0.1, 0.15) is 0 Å². The highest BCUT2D eigenvalue weighted by Gasteiger charge is 2.17. The highest BCUT2D eigenvalue weighted by atomic mass is 32.2. The Morgan fingerprint density at radius 1 is 1.16 bits per heavy atom. The normalized spacial score (nSPS) is 11.7. The number of aromatic nitrogens is 1. The van der Waals surface area contributed by atoms with Crippen LogP contribution in [-0.2, 0) is 10.0 Å². The summed E-state index contributed by atoms with van der Waals surface area (Å²) >= 11 is 0. The van der Waals surface area contributed by atoms with Crippen molar-refractivity contribution >= 4 is 10.0 Å². The van der Waals surface area contributed by atoms with E-state index in [0.29, 0.717) is 11.3 Å². The molecule has 0 aliphatic rings. The molecule has 0 amide bonds. The Morgan fingerprint density at radius 3 is 2.47 bits per heavy atom. The lowest BCUT2D eigenvalue weighted by Gasteiger charge is -2.12. The molecule has 100 valence electrons. The third kappa shape index (κ3) is 2.74. The lowest BCUT2D eigenvalue weighted by molar-refractivity contribution is 0.473. The number of hydrogen-bond donors (Lipinski definition) is 1. The number of rotatable bonds is 3. The zero-order valence-electron chi connectivity index (χ0n) is 10.6. The standard InChI is InChI=1S/C13H14N2O3S/c1-15(2)19(17,18)12-5-3-4-10(8-12)13-7-6-11(16)9-14-13/h3-9,16H,1-2H3. The molecule has 2 aromatic rings. The smallest absolute Gasteiger partial charge is 0.242 e. The zero-order chi connectivity index (χ0) is 14.0. The highest BCUT2D eigenvalue weighted by molar-refractivity contribution is 7.89. The Balaban J connectivity index is 2.49.